The van der Waals surface area contributed by atoms with Gasteiger partial charge in [-0.25, -0.2) is 0 Å². The molecule has 0 spiro atoms. The molecule has 1 rings (SSSR count). The van der Waals surface area contributed by atoms with Crippen LogP contribution in [-0.2, 0) is 6.54 Å². The number of aryl methyl sites for hydroxylation is 1. The smallest absolute Gasteiger partial charge is 0.0435 e. The van der Waals surface area contributed by atoms with E-state index in [9.17, 15) is 0 Å². The molecule has 0 fully saturated rings. The van der Waals surface area contributed by atoms with Crippen LogP contribution in [0.25, 0.3) is 0 Å². The van der Waals surface area contributed by atoms with Crippen LogP contribution in [0.4, 0.5) is 0 Å². The van der Waals surface area contributed by atoms with Gasteiger partial charge in [0.2, 0.25) is 0 Å². The molecule has 1 atom stereocenters. The lowest BCUT2D eigenvalue weighted by atomic mass is 10.1. The monoisotopic (exact) mass is 243 g/mol. The summed E-state index contributed by atoms with van der Waals surface area (Å²) in [7, 11) is 0. The van der Waals surface area contributed by atoms with Gasteiger partial charge in [0.1, 0.15) is 0 Å². The molecule has 0 radical (unpaired) electrons. The normalized spacial score (nSPS) is 12.8. The highest BCUT2D eigenvalue weighted by molar-refractivity contribution is 7.99. The van der Waals surface area contributed by atoms with Crippen molar-refractivity contribution in [2.45, 2.75) is 25.6 Å². The average molecular weight is 244 g/mol. The molecule has 0 aliphatic heterocycles. The van der Waals surface area contributed by atoms with Crippen LogP contribution in [-0.4, -0.2) is 18.1 Å². The minimum atomic E-state index is 0.665. The van der Waals surface area contributed by atoms with Crippen LogP contribution in [0.2, 0.25) is 5.02 Å². The Morgan fingerprint density at radius 2 is 2.20 bits per heavy atom. The summed E-state index contributed by atoms with van der Waals surface area (Å²) in [5.41, 5.74) is 2.44. The third-order valence-corrected chi connectivity index (χ3v) is 3.78. The van der Waals surface area contributed by atoms with Crippen LogP contribution in [0, 0.1) is 6.92 Å². The van der Waals surface area contributed by atoms with Gasteiger partial charge in [0, 0.05) is 23.4 Å². The van der Waals surface area contributed by atoms with Crippen LogP contribution in [0.5, 0.6) is 0 Å². The number of hydrogen-bond acceptors (Lipinski definition) is 2. The van der Waals surface area contributed by atoms with E-state index in [1.54, 1.807) is 0 Å². The van der Waals surface area contributed by atoms with Crippen molar-refractivity contribution in [1.82, 2.24) is 5.32 Å². The highest BCUT2D eigenvalue weighted by Crippen LogP contribution is 2.16. The Morgan fingerprint density at radius 3 is 2.80 bits per heavy atom. The van der Waals surface area contributed by atoms with Gasteiger partial charge in [0.05, 0.1) is 0 Å². The number of nitrogens with one attached hydrogen (secondary N) is 1. The van der Waals surface area contributed by atoms with E-state index in [0.29, 0.717) is 5.25 Å². The Hall–Kier alpha value is -0.180. The summed E-state index contributed by atoms with van der Waals surface area (Å²) >= 11 is 7.85. The molecule has 0 saturated carbocycles. The molecular weight excluding hydrogens is 226 g/mol. The van der Waals surface area contributed by atoms with E-state index >= 15 is 0 Å². The number of benzene rings is 1. The summed E-state index contributed by atoms with van der Waals surface area (Å²) in [6.45, 7) is 6.23. The molecule has 1 nitrogen and oxygen atoms in total. The summed E-state index contributed by atoms with van der Waals surface area (Å²) in [6.07, 6.45) is 2.14. The minimum absolute atomic E-state index is 0.665. The minimum Gasteiger partial charge on any atom is -0.312 e. The molecule has 0 aliphatic carbocycles. The van der Waals surface area contributed by atoms with Gasteiger partial charge in [-0.2, -0.15) is 11.8 Å². The zero-order chi connectivity index (χ0) is 11.3. The van der Waals surface area contributed by atoms with Gasteiger partial charge in [0.25, 0.3) is 0 Å². The molecule has 1 aromatic carbocycles. The van der Waals surface area contributed by atoms with E-state index in [4.69, 9.17) is 11.6 Å². The number of halogens is 1. The first-order valence-electron chi connectivity index (χ1n) is 5.12. The van der Waals surface area contributed by atoms with Crippen LogP contribution >= 0.6 is 23.4 Å². The van der Waals surface area contributed by atoms with Gasteiger partial charge in [-0.05, 0) is 30.4 Å². The standard InChI is InChI=1S/C12H18ClNS/c1-9-6-11(4-5-12(9)13)8-14-7-10(2)15-3/h4-6,10,14H,7-8H2,1-3H3. The molecule has 0 aromatic heterocycles. The quantitative estimate of drug-likeness (QED) is 0.850. The van der Waals surface area contributed by atoms with Gasteiger partial charge >= 0.3 is 0 Å². The van der Waals surface area contributed by atoms with Crippen molar-refractivity contribution in [1.29, 1.82) is 0 Å². The second kappa shape index (κ2) is 6.41. The molecule has 3 heteroatoms. The van der Waals surface area contributed by atoms with Gasteiger partial charge in [0.15, 0.2) is 0 Å². The van der Waals surface area contributed by atoms with Crippen LogP contribution < -0.4 is 5.32 Å². The third kappa shape index (κ3) is 4.45. The molecule has 15 heavy (non-hydrogen) atoms. The summed E-state index contributed by atoms with van der Waals surface area (Å²) in [5.74, 6) is 0. The zero-order valence-corrected chi connectivity index (χ0v) is 11.1. The van der Waals surface area contributed by atoms with Crippen LogP contribution in [0.15, 0.2) is 18.2 Å². The van der Waals surface area contributed by atoms with E-state index in [1.165, 1.54) is 5.56 Å². The number of rotatable bonds is 5. The molecule has 1 unspecified atom stereocenters. The van der Waals surface area contributed by atoms with Crippen molar-refractivity contribution in [3.05, 3.63) is 34.3 Å². The number of hydrogen-bond donors (Lipinski definition) is 1. The summed E-state index contributed by atoms with van der Waals surface area (Å²) in [4.78, 5) is 0. The molecule has 0 amide bonds. The highest BCUT2D eigenvalue weighted by Gasteiger charge is 2.00. The van der Waals surface area contributed by atoms with Crippen molar-refractivity contribution >= 4 is 23.4 Å². The van der Waals surface area contributed by atoms with E-state index in [-0.39, 0.29) is 0 Å². The first-order chi connectivity index (χ1) is 7.13. The lowest BCUT2D eigenvalue weighted by Gasteiger charge is -2.10. The number of thioether (sulfide) groups is 1. The molecule has 0 aliphatic rings. The maximum atomic E-state index is 5.96. The molecule has 0 saturated heterocycles. The van der Waals surface area contributed by atoms with Crippen molar-refractivity contribution in [2.75, 3.05) is 12.8 Å². The second-order valence-corrected chi connectivity index (χ2v) is 5.44. The topological polar surface area (TPSA) is 12.0 Å². The Balaban J connectivity index is 2.41. The lowest BCUT2D eigenvalue weighted by molar-refractivity contribution is 0.684. The summed E-state index contributed by atoms with van der Waals surface area (Å²) in [6, 6.07) is 6.18. The largest absolute Gasteiger partial charge is 0.312 e. The first kappa shape index (κ1) is 12.9. The summed E-state index contributed by atoms with van der Waals surface area (Å²) < 4.78 is 0. The fraction of sp³-hybridized carbons (Fsp3) is 0.500. The van der Waals surface area contributed by atoms with E-state index < -0.39 is 0 Å². The van der Waals surface area contributed by atoms with E-state index in [1.807, 2.05) is 24.8 Å². The average Bonchev–Trinajstić information content (AvgIpc) is 2.23. The lowest BCUT2D eigenvalue weighted by Crippen LogP contribution is -2.22. The van der Waals surface area contributed by atoms with Gasteiger partial charge in [-0.1, -0.05) is 30.7 Å². The van der Waals surface area contributed by atoms with E-state index in [2.05, 4.69) is 30.6 Å². The molecule has 1 aromatic rings. The molecule has 0 heterocycles. The fourth-order valence-electron chi connectivity index (χ4n) is 1.32. The molecule has 1 N–H and O–H groups in total. The summed E-state index contributed by atoms with van der Waals surface area (Å²) in [5, 5.41) is 4.94. The predicted molar refractivity (Wildman–Crippen MR) is 70.9 cm³/mol. The van der Waals surface area contributed by atoms with Crippen molar-refractivity contribution in [3.8, 4) is 0 Å². The van der Waals surface area contributed by atoms with Gasteiger partial charge in [-0.15, -0.1) is 0 Å². The maximum Gasteiger partial charge on any atom is 0.0435 e. The van der Waals surface area contributed by atoms with Gasteiger partial charge in [-0.3, -0.25) is 0 Å². The van der Waals surface area contributed by atoms with Crippen molar-refractivity contribution < 1.29 is 0 Å². The highest BCUT2D eigenvalue weighted by atomic mass is 35.5. The SMILES string of the molecule is CSC(C)CNCc1ccc(Cl)c(C)c1. The van der Waals surface area contributed by atoms with E-state index in [0.717, 1.165) is 23.7 Å². The van der Waals surface area contributed by atoms with Gasteiger partial charge < -0.3 is 5.32 Å². The fourth-order valence-corrected chi connectivity index (χ4v) is 1.72. The van der Waals surface area contributed by atoms with Crippen LogP contribution in [0.1, 0.15) is 18.1 Å². The van der Waals surface area contributed by atoms with Crippen LogP contribution in [0.3, 0.4) is 0 Å². The van der Waals surface area contributed by atoms with Crippen molar-refractivity contribution in [3.63, 3.8) is 0 Å². The zero-order valence-electron chi connectivity index (χ0n) is 9.51. The van der Waals surface area contributed by atoms with Crippen molar-refractivity contribution in [2.24, 2.45) is 0 Å². The second-order valence-electron chi connectivity index (χ2n) is 3.76. The molecular formula is C12H18ClNS. The molecule has 84 valence electrons. The predicted octanol–water partition coefficient (Wildman–Crippen LogP) is 3.49. The Kier molecular flexibility index (Phi) is 5.51. The third-order valence-electron chi connectivity index (χ3n) is 2.39. The first-order valence-corrected chi connectivity index (χ1v) is 6.78. The Labute approximate surface area is 102 Å². The maximum absolute atomic E-state index is 5.96. The Bertz CT molecular complexity index is 314. The molecule has 0 bridgehead atoms. The Morgan fingerprint density at radius 1 is 1.47 bits per heavy atom.